The largest absolute Gasteiger partial charge is 0.307 e. The van der Waals surface area contributed by atoms with Crippen molar-refractivity contribution in [2.45, 2.75) is 34.1 Å². The summed E-state index contributed by atoms with van der Waals surface area (Å²) >= 11 is 0. The minimum atomic E-state index is -0.0633. The van der Waals surface area contributed by atoms with Crippen LogP contribution in [-0.2, 0) is 0 Å². The van der Waals surface area contributed by atoms with Gasteiger partial charge >= 0.3 is 0 Å². The molecule has 3 nitrogen and oxygen atoms in total. The van der Waals surface area contributed by atoms with E-state index >= 15 is 0 Å². The molecule has 0 aliphatic rings. The van der Waals surface area contributed by atoms with E-state index in [0.29, 0.717) is 18.5 Å². The number of nitriles is 1. The second kappa shape index (κ2) is 7.11. The van der Waals surface area contributed by atoms with Crippen LogP contribution in [-0.4, -0.2) is 12.5 Å². The van der Waals surface area contributed by atoms with Crippen LogP contribution in [0.2, 0.25) is 0 Å². The summed E-state index contributed by atoms with van der Waals surface area (Å²) in [6.07, 6.45) is 0.309. The highest BCUT2D eigenvalue weighted by atomic mass is 16.2. The fourth-order valence-corrected chi connectivity index (χ4v) is 2.43. The van der Waals surface area contributed by atoms with Crippen LogP contribution in [0.15, 0.2) is 36.4 Å². The van der Waals surface area contributed by atoms with E-state index in [4.69, 9.17) is 5.26 Å². The van der Waals surface area contributed by atoms with E-state index in [1.165, 1.54) is 5.56 Å². The Hall–Kier alpha value is -2.60. The summed E-state index contributed by atoms with van der Waals surface area (Å²) in [6.45, 7) is 8.50. The first-order valence-corrected chi connectivity index (χ1v) is 7.77. The molecule has 2 rings (SSSR count). The highest BCUT2D eigenvalue weighted by molar-refractivity contribution is 6.06. The smallest absolute Gasteiger partial charge is 0.258 e. The predicted octanol–water partition coefficient (Wildman–Crippen LogP) is 4.48. The molecule has 0 spiro atoms. The number of nitrogens with zero attached hydrogens (tertiary/aromatic N) is 2. The maximum atomic E-state index is 12.9. The molecule has 0 saturated carbocycles. The molecule has 0 atom stereocenters. The number of amides is 1. The van der Waals surface area contributed by atoms with Gasteiger partial charge in [-0.15, -0.1) is 0 Å². The third-order valence-electron chi connectivity index (χ3n) is 4.25. The van der Waals surface area contributed by atoms with Gasteiger partial charge in [0.25, 0.3) is 5.91 Å². The number of carbonyl (C=O) groups excluding carboxylic acids is 1. The van der Waals surface area contributed by atoms with Gasteiger partial charge in [-0.2, -0.15) is 5.26 Å². The summed E-state index contributed by atoms with van der Waals surface area (Å²) in [5.41, 5.74) is 6.08. The molecule has 0 aliphatic carbocycles. The van der Waals surface area contributed by atoms with Gasteiger partial charge in [0, 0.05) is 17.8 Å². The lowest BCUT2D eigenvalue weighted by Crippen LogP contribution is -2.32. The quantitative estimate of drug-likeness (QED) is 0.836. The number of benzene rings is 2. The Morgan fingerprint density at radius 1 is 0.957 bits per heavy atom. The maximum Gasteiger partial charge on any atom is 0.258 e. The topological polar surface area (TPSA) is 44.1 Å². The van der Waals surface area contributed by atoms with Gasteiger partial charge in [-0.05, 0) is 74.2 Å². The summed E-state index contributed by atoms with van der Waals surface area (Å²) < 4.78 is 0. The van der Waals surface area contributed by atoms with Crippen LogP contribution in [0.4, 0.5) is 5.69 Å². The van der Waals surface area contributed by atoms with E-state index in [1.54, 1.807) is 4.90 Å². The second-order valence-electron chi connectivity index (χ2n) is 5.93. The first kappa shape index (κ1) is 16.8. The van der Waals surface area contributed by atoms with Crippen LogP contribution < -0.4 is 4.90 Å². The van der Waals surface area contributed by atoms with Gasteiger partial charge in [-0.3, -0.25) is 4.79 Å². The van der Waals surface area contributed by atoms with Gasteiger partial charge in [-0.1, -0.05) is 12.1 Å². The summed E-state index contributed by atoms with van der Waals surface area (Å²) in [7, 11) is 0. The molecule has 1 amide bonds. The highest BCUT2D eigenvalue weighted by Gasteiger charge is 2.18. The Kier molecular flexibility index (Phi) is 5.18. The Morgan fingerprint density at radius 3 is 2.13 bits per heavy atom. The summed E-state index contributed by atoms with van der Waals surface area (Å²) in [4.78, 5) is 14.6. The van der Waals surface area contributed by atoms with E-state index in [0.717, 1.165) is 22.4 Å². The van der Waals surface area contributed by atoms with Gasteiger partial charge in [-0.25, -0.2) is 0 Å². The van der Waals surface area contributed by atoms with Crippen molar-refractivity contribution in [3.05, 3.63) is 64.2 Å². The molecule has 23 heavy (non-hydrogen) atoms. The lowest BCUT2D eigenvalue weighted by molar-refractivity contribution is 0.0987. The molecular formula is C20H22N2O. The summed E-state index contributed by atoms with van der Waals surface area (Å²) in [5.74, 6) is -0.0633. The van der Waals surface area contributed by atoms with Gasteiger partial charge in [0.2, 0.25) is 0 Å². The molecule has 2 aromatic rings. The number of anilines is 1. The average Bonchev–Trinajstić information content (AvgIpc) is 2.53. The van der Waals surface area contributed by atoms with Crippen molar-refractivity contribution in [1.29, 1.82) is 5.26 Å². The number of hydrogen-bond donors (Lipinski definition) is 0. The van der Waals surface area contributed by atoms with Crippen molar-refractivity contribution in [1.82, 2.24) is 0 Å². The number of rotatable bonds is 4. The minimum absolute atomic E-state index is 0.0633. The SMILES string of the molecule is Cc1ccc(C(=O)N(CCC#N)c2ccc(C)c(C)c2)cc1C. The van der Waals surface area contributed by atoms with Crippen molar-refractivity contribution < 1.29 is 4.79 Å². The van der Waals surface area contributed by atoms with E-state index in [1.807, 2.05) is 64.1 Å². The van der Waals surface area contributed by atoms with Crippen molar-refractivity contribution in [3.63, 3.8) is 0 Å². The molecule has 3 heteroatoms. The monoisotopic (exact) mass is 306 g/mol. The van der Waals surface area contributed by atoms with Gasteiger partial charge in [0.05, 0.1) is 12.5 Å². The zero-order valence-electron chi connectivity index (χ0n) is 14.2. The first-order valence-electron chi connectivity index (χ1n) is 7.77. The fourth-order valence-electron chi connectivity index (χ4n) is 2.43. The molecule has 0 heterocycles. The van der Waals surface area contributed by atoms with Crippen LogP contribution >= 0.6 is 0 Å². The summed E-state index contributed by atoms with van der Waals surface area (Å²) in [5, 5.41) is 8.91. The molecule has 0 radical (unpaired) electrons. The second-order valence-corrected chi connectivity index (χ2v) is 5.93. The molecule has 0 unspecified atom stereocenters. The molecule has 0 aromatic heterocycles. The molecule has 118 valence electrons. The van der Waals surface area contributed by atoms with E-state index in [2.05, 4.69) is 6.07 Å². The first-order chi connectivity index (χ1) is 10.9. The van der Waals surface area contributed by atoms with Crippen molar-refractivity contribution in [2.24, 2.45) is 0 Å². The highest BCUT2D eigenvalue weighted by Crippen LogP contribution is 2.22. The number of carbonyl (C=O) groups is 1. The molecular weight excluding hydrogens is 284 g/mol. The normalized spacial score (nSPS) is 10.2. The molecule has 0 N–H and O–H groups in total. The van der Waals surface area contributed by atoms with E-state index < -0.39 is 0 Å². The van der Waals surface area contributed by atoms with E-state index in [9.17, 15) is 4.79 Å². The molecule has 0 saturated heterocycles. The van der Waals surface area contributed by atoms with Crippen LogP contribution in [0.5, 0.6) is 0 Å². The van der Waals surface area contributed by atoms with Crippen molar-refractivity contribution in [2.75, 3.05) is 11.4 Å². The number of hydrogen-bond acceptors (Lipinski definition) is 2. The molecule has 0 fully saturated rings. The molecule has 0 aliphatic heterocycles. The summed E-state index contributed by atoms with van der Waals surface area (Å²) in [6, 6.07) is 13.8. The van der Waals surface area contributed by atoms with Crippen LogP contribution in [0.3, 0.4) is 0 Å². The Bertz CT molecular complexity index is 772. The zero-order valence-corrected chi connectivity index (χ0v) is 14.2. The van der Waals surface area contributed by atoms with Crippen molar-refractivity contribution in [3.8, 4) is 6.07 Å². The minimum Gasteiger partial charge on any atom is -0.307 e. The van der Waals surface area contributed by atoms with Gasteiger partial charge in [0.1, 0.15) is 0 Å². The lowest BCUT2D eigenvalue weighted by Gasteiger charge is -2.23. The van der Waals surface area contributed by atoms with Gasteiger partial charge < -0.3 is 4.90 Å². The van der Waals surface area contributed by atoms with Crippen LogP contribution in [0, 0.1) is 39.0 Å². The standard InChI is InChI=1S/C20H22N2O/c1-14-6-8-18(12-16(14)3)20(23)22(11-5-10-21)19-9-7-15(2)17(4)13-19/h6-9,12-13H,5,11H2,1-4H3. The zero-order chi connectivity index (χ0) is 17.0. The third kappa shape index (κ3) is 3.78. The average molecular weight is 306 g/mol. The fraction of sp³-hybridized carbons (Fsp3) is 0.300. The predicted molar refractivity (Wildman–Crippen MR) is 93.7 cm³/mol. The third-order valence-corrected chi connectivity index (χ3v) is 4.25. The van der Waals surface area contributed by atoms with Crippen LogP contribution in [0.1, 0.15) is 39.0 Å². The number of aryl methyl sites for hydroxylation is 4. The van der Waals surface area contributed by atoms with Crippen molar-refractivity contribution >= 4 is 11.6 Å². The van der Waals surface area contributed by atoms with Crippen LogP contribution in [0.25, 0.3) is 0 Å². The Morgan fingerprint density at radius 2 is 1.57 bits per heavy atom. The van der Waals surface area contributed by atoms with E-state index in [-0.39, 0.29) is 5.91 Å². The molecule has 2 aromatic carbocycles. The Balaban J connectivity index is 2.40. The van der Waals surface area contributed by atoms with Gasteiger partial charge in [0.15, 0.2) is 0 Å². The Labute approximate surface area is 138 Å². The molecule has 0 bridgehead atoms. The lowest BCUT2D eigenvalue weighted by atomic mass is 10.0. The maximum absolute atomic E-state index is 12.9.